The van der Waals surface area contributed by atoms with Crippen LogP contribution < -0.4 is 5.73 Å². The maximum Gasteiger partial charge on any atom is -0.00367 e. The molecule has 1 aliphatic carbocycles. The minimum Gasteiger partial charge on any atom is -0.330 e. The van der Waals surface area contributed by atoms with Gasteiger partial charge in [0.05, 0.1) is 0 Å². The maximum absolute atomic E-state index is 5.64. The number of nitrogens with two attached hydrogens (primary N) is 1. The van der Waals surface area contributed by atoms with E-state index in [-0.39, 0.29) is 0 Å². The van der Waals surface area contributed by atoms with Crippen LogP contribution in [0, 0.1) is 5.41 Å². The lowest BCUT2D eigenvalue weighted by atomic mass is 9.77. The maximum atomic E-state index is 5.64. The summed E-state index contributed by atoms with van der Waals surface area (Å²) in [5.41, 5.74) is 9.11. The molecule has 1 fully saturated rings. The van der Waals surface area contributed by atoms with E-state index in [1.165, 1.54) is 62.5 Å². The summed E-state index contributed by atoms with van der Waals surface area (Å²) in [7, 11) is 0. The van der Waals surface area contributed by atoms with Gasteiger partial charge in [0.25, 0.3) is 0 Å². The van der Waals surface area contributed by atoms with Crippen LogP contribution in [0.2, 0.25) is 0 Å². The van der Waals surface area contributed by atoms with Gasteiger partial charge in [0.2, 0.25) is 0 Å². The summed E-state index contributed by atoms with van der Waals surface area (Å²) in [6.45, 7) is 3.25. The monoisotopic (exact) mass is 259 g/mol. The van der Waals surface area contributed by atoms with E-state index in [0.29, 0.717) is 5.41 Å². The molecule has 0 aliphatic heterocycles. The summed E-state index contributed by atoms with van der Waals surface area (Å²) >= 11 is 0. The third-order valence-electron chi connectivity index (χ3n) is 4.75. The largest absolute Gasteiger partial charge is 0.330 e. The number of benzene rings is 1. The Balaban J connectivity index is 1.91. The topological polar surface area (TPSA) is 26.0 Å². The fraction of sp³-hybridized carbons (Fsp3) is 0.667. The van der Waals surface area contributed by atoms with E-state index >= 15 is 0 Å². The number of hydrogen-bond acceptors (Lipinski definition) is 1. The van der Waals surface area contributed by atoms with Crippen molar-refractivity contribution in [3.05, 3.63) is 35.4 Å². The smallest absolute Gasteiger partial charge is 0.00367 e. The summed E-state index contributed by atoms with van der Waals surface area (Å²) in [5, 5.41) is 0. The molecule has 1 aromatic carbocycles. The summed E-state index contributed by atoms with van der Waals surface area (Å²) < 4.78 is 0. The Morgan fingerprint density at radius 1 is 1.00 bits per heavy atom. The first kappa shape index (κ1) is 14.6. The molecule has 106 valence electrons. The van der Waals surface area contributed by atoms with Crippen LogP contribution in [0.15, 0.2) is 24.3 Å². The molecule has 0 radical (unpaired) electrons. The van der Waals surface area contributed by atoms with Gasteiger partial charge in [0.15, 0.2) is 0 Å². The van der Waals surface area contributed by atoms with E-state index in [4.69, 9.17) is 5.73 Å². The van der Waals surface area contributed by atoms with Gasteiger partial charge in [-0.25, -0.2) is 0 Å². The highest BCUT2D eigenvalue weighted by atomic mass is 14.5. The fourth-order valence-electron chi connectivity index (χ4n) is 3.39. The molecule has 0 spiro atoms. The van der Waals surface area contributed by atoms with Crippen molar-refractivity contribution in [2.24, 2.45) is 11.1 Å². The number of rotatable bonds is 5. The lowest BCUT2D eigenvalue weighted by Gasteiger charge is -2.28. The van der Waals surface area contributed by atoms with Crippen LogP contribution in [-0.4, -0.2) is 6.54 Å². The third kappa shape index (κ3) is 4.65. The molecule has 0 aromatic heterocycles. The Labute approximate surface area is 118 Å². The molecule has 1 heteroatoms. The van der Waals surface area contributed by atoms with Crippen LogP contribution in [-0.2, 0) is 12.8 Å². The highest BCUT2D eigenvalue weighted by Gasteiger charge is 2.24. The molecule has 1 nitrogen and oxygen atoms in total. The predicted octanol–water partition coefficient (Wildman–Crippen LogP) is 4.48. The van der Waals surface area contributed by atoms with Gasteiger partial charge in [-0.15, -0.1) is 0 Å². The van der Waals surface area contributed by atoms with Crippen molar-refractivity contribution >= 4 is 0 Å². The molecular formula is C18H29N. The van der Waals surface area contributed by atoms with Crippen molar-refractivity contribution in [3.8, 4) is 0 Å². The zero-order valence-corrected chi connectivity index (χ0v) is 12.5. The van der Waals surface area contributed by atoms with E-state index in [9.17, 15) is 0 Å². The molecule has 0 bridgehead atoms. The van der Waals surface area contributed by atoms with E-state index in [1.54, 1.807) is 0 Å². The fourth-order valence-corrected chi connectivity index (χ4v) is 3.39. The van der Waals surface area contributed by atoms with Crippen LogP contribution in [0.1, 0.15) is 63.0 Å². The molecule has 2 N–H and O–H groups in total. The van der Waals surface area contributed by atoms with Crippen molar-refractivity contribution in [2.45, 2.75) is 64.7 Å². The van der Waals surface area contributed by atoms with Crippen molar-refractivity contribution in [3.63, 3.8) is 0 Å². The number of hydrogen-bond donors (Lipinski definition) is 1. The first-order chi connectivity index (χ1) is 9.22. The van der Waals surface area contributed by atoms with Crippen molar-refractivity contribution in [1.82, 2.24) is 0 Å². The quantitative estimate of drug-likeness (QED) is 0.775. The lowest BCUT2D eigenvalue weighted by molar-refractivity contribution is 0.255. The van der Waals surface area contributed by atoms with Gasteiger partial charge in [-0.1, -0.05) is 56.9 Å². The SMILES string of the molecule is CC1(CCc2cccc(CCN)c2)CCCCCC1. The standard InChI is InChI=1S/C18H29N/c1-18(11-4-2-3-5-12-18)13-9-16-7-6-8-17(15-16)10-14-19/h6-8,15H,2-5,9-14,19H2,1H3. The Bertz CT molecular complexity index is 375. The van der Waals surface area contributed by atoms with E-state index in [1.807, 2.05) is 0 Å². The van der Waals surface area contributed by atoms with Crippen molar-refractivity contribution < 1.29 is 0 Å². The lowest BCUT2D eigenvalue weighted by Crippen LogP contribution is -2.16. The second kappa shape index (κ2) is 7.09. The molecule has 1 aromatic rings. The Hall–Kier alpha value is -0.820. The van der Waals surface area contributed by atoms with Crippen LogP contribution in [0.4, 0.5) is 0 Å². The molecule has 0 saturated heterocycles. The molecule has 0 heterocycles. The average Bonchev–Trinajstić information content (AvgIpc) is 2.63. The van der Waals surface area contributed by atoms with E-state index in [2.05, 4.69) is 31.2 Å². The predicted molar refractivity (Wildman–Crippen MR) is 83.3 cm³/mol. The normalized spacial score (nSPS) is 19.1. The van der Waals surface area contributed by atoms with Crippen molar-refractivity contribution in [1.29, 1.82) is 0 Å². The first-order valence-corrected chi connectivity index (χ1v) is 8.00. The van der Waals surface area contributed by atoms with Gasteiger partial charge in [-0.05, 0) is 55.2 Å². The Kier molecular flexibility index (Phi) is 5.45. The molecule has 0 amide bonds. The van der Waals surface area contributed by atoms with Gasteiger partial charge in [-0.2, -0.15) is 0 Å². The van der Waals surface area contributed by atoms with Gasteiger partial charge in [0, 0.05) is 0 Å². The zero-order valence-electron chi connectivity index (χ0n) is 12.5. The summed E-state index contributed by atoms with van der Waals surface area (Å²) in [6, 6.07) is 9.02. The van der Waals surface area contributed by atoms with Crippen LogP contribution in [0.3, 0.4) is 0 Å². The summed E-state index contributed by atoms with van der Waals surface area (Å²) in [4.78, 5) is 0. The van der Waals surface area contributed by atoms with Gasteiger partial charge in [0.1, 0.15) is 0 Å². The molecular weight excluding hydrogens is 230 g/mol. The van der Waals surface area contributed by atoms with Gasteiger partial charge in [-0.3, -0.25) is 0 Å². The molecule has 0 atom stereocenters. The van der Waals surface area contributed by atoms with Crippen LogP contribution in [0.25, 0.3) is 0 Å². The second-order valence-corrected chi connectivity index (χ2v) is 6.58. The Morgan fingerprint density at radius 2 is 1.63 bits per heavy atom. The van der Waals surface area contributed by atoms with Gasteiger partial charge < -0.3 is 5.73 Å². The first-order valence-electron chi connectivity index (χ1n) is 8.00. The Morgan fingerprint density at radius 3 is 2.26 bits per heavy atom. The second-order valence-electron chi connectivity index (χ2n) is 6.58. The minimum absolute atomic E-state index is 0.584. The van der Waals surface area contributed by atoms with E-state index in [0.717, 1.165) is 13.0 Å². The summed E-state index contributed by atoms with van der Waals surface area (Å²) in [5.74, 6) is 0. The molecule has 1 saturated carbocycles. The molecule has 19 heavy (non-hydrogen) atoms. The average molecular weight is 259 g/mol. The molecule has 0 unspecified atom stereocenters. The highest BCUT2D eigenvalue weighted by Crippen LogP contribution is 2.38. The molecule has 1 aliphatic rings. The van der Waals surface area contributed by atoms with Crippen LogP contribution >= 0.6 is 0 Å². The van der Waals surface area contributed by atoms with Crippen molar-refractivity contribution in [2.75, 3.05) is 6.54 Å². The number of aryl methyl sites for hydroxylation is 1. The van der Waals surface area contributed by atoms with E-state index < -0.39 is 0 Å². The van der Waals surface area contributed by atoms with Gasteiger partial charge >= 0.3 is 0 Å². The third-order valence-corrected chi connectivity index (χ3v) is 4.75. The molecule has 2 rings (SSSR count). The highest BCUT2D eigenvalue weighted by molar-refractivity contribution is 5.24. The minimum atomic E-state index is 0.584. The van der Waals surface area contributed by atoms with Crippen LogP contribution in [0.5, 0.6) is 0 Å². The summed E-state index contributed by atoms with van der Waals surface area (Å²) in [6.07, 6.45) is 12.2. The zero-order chi connectivity index (χ0) is 13.6.